The lowest BCUT2D eigenvalue weighted by atomic mass is 9.85. The second kappa shape index (κ2) is 6.36. The molecule has 150 valence electrons. The molecule has 0 fully saturated rings. The largest absolute Gasteiger partial charge is 0.282 e. The molecule has 5 rings (SSSR count). The average Bonchev–Trinajstić information content (AvgIpc) is 3.33. The third kappa shape index (κ3) is 2.61. The Balaban J connectivity index is 1.93. The number of H-pyrrole nitrogens is 2. The van der Waals surface area contributed by atoms with Gasteiger partial charge in [0.15, 0.2) is 5.03 Å². The van der Waals surface area contributed by atoms with E-state index in [4.69, 9.17) is 4.98 Å². The summed E-state index contributed by atoms with van der Waals surface area (Å²) in [5.74, 6) is 0. The van der Waals surface area contributed by atoms with Crippen molar-refractivity contribution in [2.75, 3.05) is 14.1 Å². The molecule has 3 aromatic heterocycles. The van der Waals surface area contributed by atoms with Gasteiger partial charge in [0.2, 0.25) is 0 Å². The molecule has 0 radical (unpaired) electrons. The minimum atomic E-state index is -3.67. The van der Waals surface area contributed by atoms with Crippen LogP contribution in [-0.2, 0) is 22.9 Å². The predicted molar refractivity (Wildman–Crippen MR) is 111 cm³/mol. The minimum Gasteiger partial charge on any atom is -0.282 e. The lowest BCUT2D eigenvalue weighted by Gasteiger charge is -2.22. The molecule has 3 heterocycles. The monoisotopic (exact) mass is 410 g/mol. The molecule has 1 aromatic carbocycles. The number of aromatic amines is 2. The number of hydrogen-bond donors (Lipinski definition) is 2. The van der Waals surface area contributed by atoms with E-state index in [0.717, 1.165) is 53.5 Å². The van der Waals surface area contributed by atoms with Gasteiger partial charge in [0.05, 0.1) is 22.9 Å². The maximum Gasteiger partial charge on any atom is 0.260 e. The topological polar surface area (TPSA) is 108 Å². The quantitative estimate of drug-likeness (QED) is 0.540. The van der Waals surface area contributed by atoms with Crippen LogP contribution in [0.2, 0.25) is 0 Å². The first kappa shape index (κ1) is 18.3. The van der Waals surface area contributed by atoms with Crippen LogP contribution >= 0.6 is 0 Å². The molecule has 2 N–H and O–H groups in total. The van der Waals surface area contributed by atoms with Gasteiger partial charge >= 0.3 is 0 Å². The molecule has 0 saturated carbocycles. The molecule has 1 aliphatic carbocycles. The summed E-state index contributed by atoms with van der Waals surface area (Å²) in [4.78, 5) is 4.98. The summed E-state index contributed by atoms with van der Waals surface area (Å²) in [6.07, 6.45) is 5.79. The lowest BCUT2D eigenvalue weighted by Crippen LogP contribution is -2.22. The van der Waals surface area contributed by atoms with Gasteiger partial charge in [-0.25, -0.2) is 17.7 Å². The molecule has 9 heteroatoms. The third-order valence-electron chi connectivity index (χ3n) is 5.78. The maximum atomic E-state index is 12.9. The highest BCUT2D eigenvalue weighted by Crippen LogP contribution is 2.40. The summed E-state index contributed by atoms with van der Waals surface area (Å²) in [6.45, 7) is 1.99. The van der Waals surface area contributed by atoms with Gasteiger partial charge in [-0.05, 0) is 55.9 Å². The van der Waals surface area contributed by atoms with E-state index in [-0.39, 0.29) is 5.03 Å². The molecular formula is C20H22N6O2S. The van der Waals surface area contributed by atoms with Gasteiger partial charge in [-0.15, -0.1) is 0 Å². The molecule has 8 nitrogen and oxygen atoms in total. The van der Waals surface area contributed by atoms with E-state index in [1.54, 1.807) is 0 Å². The number of aromatic nitrogens is 5. The van der Waals surface area contributed by atoms with Crippen molar-refractivity contribution in [3.05, 3.63) is 35.2 Å². The van der Waals surface area contributed by atoms with Crippen LogP contribution in [0.15, 0.2) is 23.4 Å². The first-order valence-corrected chi connectivity index (χ1v) is 11.1. The molecule has 1 aliphatic rings. The Morgan fingerprint density at radius 1 is 1.00 bits per heavy atom. The van der Waals surface area contributed by atoms with Gasteiger partial charge in [-0.1, -0.05) is 0 Å². The summed E-state index contributed by atoms with van der Waals surface area (Å²) in [7, 11) is -0.609. The Morgan fingerprint density at radius 3 is 2.41 bits per heavy atom. The molecule has 0 aliphatic heterocycles. The van der Waals surface area contributed by atoms with Crippen molar-refractivity contribution in [3.8, 4) is 11.3 Å². The second-order valence-corrected chi connectivity index (χ2v) is 9.82. The van der Waals surface area contributed by atoms with Crippen LogP contribution in [0.3, 0.4) is 0 Å². The van der Waals surface area contributed by atoms with E-state index in [2.05, 4.69) is 20.4 Å². The van der Waals surface area contributed by atoms with Crippen molar-refractivity contribution in [1.29, 1.82) is 0 Å². The summed E-state index contributed by atoms with van der Waals surface area (Å²) < 4.78 is 27.1. The van der Waals surface area contributed by atoms with E-state index in [0.29, 0.717) is 10.9 Å². The molecule has 0 saturated heterocycles. The Bertz CT molecular complexity index is 1370. The van der Waals surface area contributed by atoms with Gasteiger partial charge in [0, 0.05) is 36.1 Å². The fraction of sp³-hybridized carbons (Fsp3) is 0.350. The van der Waals surface area contributed by atoms with Crippen LogP contribution in [0.25, 0.3) is 33.1 Å². The number of nitrogens with zero attached hydrogens (tertiary/aromatic N) is 4. The Kier molecular flexibility index (Phi) is 4.01. The number of pyridine rings is 1. The summed E-state index contributed by atoms with van der Waals surface area (Å²) in [5.41, 5.74) is 6.71. The molecule has 0 amide bonds. The van der Waals surface area contributed by atoms with E-state index in [9.17, 15) is 8.42 Å². The number of benzene rings is 1. The van der Waals surface area contributed by atoms with Crippen molar-refractivity contribution in [3.63, 3.8) is 0 Å². The fourth-order valence-electron chi connectivity index (χ4n) is 4.28. The van der Waals surface area contributed by atoms with Gasteiger partial charge in [-0.2, -0.15) is 10.2 Å². The van der Waals surface area contributed by atoms with Gasteiger partial charge in [-0.3, -0.25) is 10.2 Å². The number of hydrogen-bond acceptors (Lipinski definition) is 5. The normalized spacial score (nSPS) is 14.8. The summed E-state index contributed by atoms with van der Waals surface area (Å²) in [5, 5.41) is 15.9. The highest BCUT2D eigenvalue weighted by molar-refractivity contribution is 7.89. The van der Waals surface area contributed by atoms with Crippen molar-refractivity contribution in [1.82, 2.24) is 29.7 Å². The molecule has 29 heavy (non-hydrogen) atoms. The van der Waals surface area contributed by atoms with Crippen LogP contribution < -0.4 is 0 Å². The Morgan fingerprint density at radius 2 is 1.72 bits per heavy atom. The average molecular weight is 411 g/mol. The van der Waals surface area contributed by atoms with Crippen LogP contribution in [-0.4, -0.2) is 52.2 Å². The second-order valence-electron chi connectivity index (χ2n) is 7.73. The zero-order chi connectivity index (χ0) is 20.3. The zero-order valence-corrected chi connectivity index (χ0v) is 17.4. The number of rotatable bonds is 3. The lowest BCUT2D eigenvalue weighted by molar-refractivity contribution is 0.517. The van der Waals surface area contributed by atoms with E-state index in [1.807, 2.05) is 25.3 Å². The fourth-order valence-corrected chi connectivity index (χ4v) is 5.27. The van der Waals surface area contributed by atoms with Crippen molar-refractivity contribution in [2.45, 2.75) is 37.6 Å². The SMILES string of the molecule is Cc1[nH]ncc1-c1nc2ccc3n[nH]c(S(=O)(=O)N(C)C)c3c2c2c1CCCC2. The molecule has 0 atom stereocenters. The van der Waals surface area contributed by atoms with Crippen LogP contribution in [0.4, 0.5) is 0 Å². The van der Waals surface area contributed by atoms with Crippen LogP contribution in [0.1, 0.15) is 29.7 Å². The van der Waals surface area contributed by atoms with Gasteiger partial charge in [0.1, 0.15) is 0 Å². The maximum absolute atomic E-state index is 12.9. The molecule has 0 spiro atoms. The molecule has 0 unspecified atom stereocenters. The highest BCUT2D eigenvalue weighted by Gasteiger charge is 2.28. The molecule has 4 aromatic rings. The Labute approximate surface area is 168 Å². The summed E-state index contributed by atoms with van der Waals surface area (Å²) in [6, 6.07) is 3.76. The molecule has 0 bridgehead atoms. The van der Waals surface area contributed by atoms with Gasteiger partial charge in [0.25, 0.3) is 10.0 Å². The third-order valence-corrected chi connectivity index (χ3v) is 7.55. The number of fused-ring (bicyclic) bond motifs is 5. The van der Waals surface area contributed by atoms with Crippen molar-refractivity contribution in [2.24, 2.45) is 0 Å². The summed E-state index contributed by atoms with van der Waals surface area (Å²) >= 11 is 0. The van der Waals surface area contributed by atoms with Crippen LogP contribution in [0.5, 0.6) is 0 Å². The van der Waals surface area contributed by atoms with Crippen LogP contribution in [0, 0.1) is 6.92 Å². The predicted octanol–water partition coefficient (Wildman–Crippen LogP) is 2.94. The van der Waals surface area contributed by atoms with Crippen molar-refractivity contribution < 1.29 is 8.42 Å². The van der Waals surface area contributed by atoms with E-state index < -0.39 is 10.0 Å². The smallest absolute Gasteiger partial charge is 0.260 e. The van der Waals surface area contributed by atoms with E-state index >= 15 is 0 Å². The zero-order valence-electron chi connectivity index (χ0n) is 16.6. The number of aryl methyl sites for hydroxylation is 2. The Hall–Kier alpha value is -2.78. The first-order chi connectivity index (χ1) is 13.9. The van der Waals surface area contributed by atoms with Crippen molar-refractivity contribution >= 4 is 31.8 Å². The van der Waals surface area contributed by atoms with E-state index in [1.165, 1.54) is 29.5 Å². The number of nitrogens with one attached hydrogen (secondary N) is 2. The molecular weight excluding hydrogens is 388 g/mol. The first-order valence-electron chi connectivity index (χ1n) is 9.65. The number of sulfonamides is 1. The standard InChI is InChI=1S/C20H22N6O2S/c1-11-14(10-21-23-11)19-13-7-5-4-6-12(13)17-15(22-19)8-9-16-18(17)20(25-24-16)29(27,28)26(2)3/h8-10H,4-7H2,1-3H3,(H,21,23)(H,24,25). The highest BCUT2D eigenvalue weighted by atomic mass is 32.2. The van der Waals surface area contributed by atoms with Gasteiger partial charge < -0.3 is 0 Å². The minimum absolute atomic E-state index is 0.130.